The van der Waals surface area contributed by atoms with Gasteiger partial charge in [-0.3, -0.25) is 9.59 Å². The van der Waals surface area contributed by atoms with Crippen molar-refractivity contribution in [3.63, 3.8) is 0 Å². The van der Waals surface area contributed by atoms with E-state index in [9.17, 15) is 22.8 Å². The van der Waals surface area contributed by atoms with Crippen molar-refractivity contribution in [2.75, 3.05) is 0 Å². The zero-order valence-corrected chi connectivity index (χ0v) is 8.71. The maximum atomic E-state index is 12.4. The fourth-order valence-corrected chi connectivity index (χ4v) is 1.18. The van der Waals surface area contributed by atoms with Gasteiger partial charge in [-0.25, -0.2) is 4.98 Å². The molecule has 0 atom stereocenters. The Morgan fingerprint density at radius 2 is 1.94 bits per heavy atom. The second kappa shape index (κ2) is 4.52. The van der Waals surface area contributed by atoms with Gasteiger partial charge in [0, 0.05) is 5.56 Å². The Hall–Kier alpha value is -1.92. The van der Waals surface area contributed by atoms with E-state index in [1.54, 1.807) is 0 Å². The molecule has 1 aromatic rings. The fourth-order valence-electron chi connectivity index (χ4n) is 1.18. The number of nitrogens with zero attached hydrogens (tertiary/aromatic N) is 1. The van der Waals surface area contributed by atoms with Gasteiger partial charge in [-0.2, -0.15) is 13.2 Å². The number of pyridine rings is 1. The molecule has 1 N–H and O–H groups in total. The summed E-state index contributed by atoms with van der Waals surface area (Å²) in [5, 5.41) is 8.48. The third-order valence-electron chi connectivity index (χ3n) is 1.91. The number of carbonyl (C=O) groups is 2. The number of hydrogen-bond donors (Lipinski definition) is 1. The topological polar surface area (TPSA) is 67.3 Å². The highest BCUT2D eigenvalue weighted by molar-refractivity contribution is 5.94. The summed E-state index contributed by atoms with van der Waals surface area (Å²) in [5.41, 5.74) is -1.76. The van der Waals surface area contributed by atoms with Gasteiger partial charge in [-0.1, -0.05) is 0 Å². The Kier molecular flexibility index (Phi) is 3.50. The number of hydrogen-bond acceptors (Lipinski definition) is 3. The molecule has 0 aliphatic carbocycles. The second-order valence-corrected chi connectivity index (χ2v) is 3.36. The zero-order chi connectivity index (χ0) is 13.2. The molecule has 1 heterocycles. The summed E-state index contributed by atoms with van der Waals surface area (Å²) in [4.78, 5) is 24.6. The van der Waals surface area contributed by atoms with Crippen molar-refractivity contribution < 1.29 is 27.9 Å². The highest BCUT2D eigenvalue weighted by Gasteiger charge is 2.33. The number of carboxylic acids is 1. The van der Waals surface area contributed by atoms with Crippen molar-refractivity contribution in [3.05, 3.63) is 29.1 Å². The van der Waals surface area contributed by atoms with Gasteiger partial charge >= 0.3 is 12.1 Å². The monoisotopic (exact) mass is 247 g/mol. The molecule has 0 fully saturated rings. The first-order chi connectivity index (χ1) is 7.70. The number of ketones is 1. The van der Waals surface area contributed by atoms with Gasteiger partial charge in [0.05, 0.1) is 12.1 Å². The van der Waals surface area contributed by atoms with Gasteiger partial charge < -0.3 is 5.11 Å². The van der Waals surface area contributed by atoms with E-state index in [-0.39, 0.29) is 11.3 Å². The Bertz CT molecular complexity index is 468. The van der Waals surface area contributed by atoms with Crippen molar-refractivity contribution in [3.8, 4) is 0 Å². The molecule has 0 bridgehead atoms. The van der Waals surface area contributed by atoms with Gasteiger partial charge in [-0.05, 0) is 19.1 Å². The minimum Gasteiger partial charge on any atom is -0.481 e. The molecule has 0 saturated carbocycles. The molecule has 92 valence electrons. The molecule has 1 rings (SSSR count). The van der Waals surface area contributed by atoms with E-state index in [2.05, 4.69) is 4.98 Å². The van der Waals surface area contributed by atoms with Crippen LogP contribution < -0.4 is 0 Å². The summed E-state index contributed by atoms with van der Waals surface area (Å²) >= 11 is 0. The fraction of sp³-hybridized carbons (Fsp3) is 0.300. The summed E-state index contributed by atoms with van der Waals surface area (Å²) in [5.74, 6) is -1.89. The Balaban J connectivity index is 3.28. The SMILES string of the molecule is CC(=O)c1cc(CC(=O)O)nc(C(F)(F)F)c1. The van der Waals surface area contributed by atoms with Crippen molar-refractivity contribution in [1.29, 1.82) is 0 Å². The number of aromatic nitrogens is 1. The lowest BCUT2D eigenvalue weighted by Gasteiger charge is -2.09. The van der Waals surface area contributed by atoms with Crippen molar-refractivity contribution in [2.24, 2.45) is 0 Å². The molecule has 0 unspecified atom stereocenters. The molecule has 0 aromatic carbocycles. The smallest absolute Gasteiger partial charge is 0.433 e. The van der Waals surface area contributed by atoms with E-state index in [1.165, 1.54) is 0 Å². The van der Waals surface area contributed by atoms with Gasteiger partial charge in [0.15, 0.2) is 5.78 Å². The molecule has 4 nitrogen and oxygen atoms in total. The average Bonchev–Trinajstić information content (AvgIpc) is 2.14. The summed E-state index contributed by atoms with van der Waals surface area (Å²) in [6, 6.07) is 1.65. The maximum Gasteiger partial charge on any atom is 0.433 e. The molecular formula is C10H8F3NO3. The first-order valence-corrected chi connectivity index (χ1v) is 4.51. The number of Topliss-reactive ketones (excluding diaryl/α,β-unsaturated/α-hetero) is 1. The second-order valence-electron chi connectivity index (χ2n) is 3.36. The highest BCUT2D eigenvalue weighted by Crippen LogP contribution is 2.28. The Labute approximate surface area is 94.1 Å². The quantitative estimate of drug-likeness (QED) is 0.828. The first-order valence-electron chi connectivity index (χ1n) is 4.51. The summed E-state index contributed by atoms with van der Waals surface area (Å²) in [6.07, 6.45) is -5.37. The zero-order valence-electron chi connectivity index (χ0n) is 8.71. The Morgan fingerprint density at radius 1 is 1.35 bits per heavy atom. The lowest BCUT2D eigenvalue weighted by Crippen LogP contribution is -2.13. The molecule has 0 saturated heterocycles. The highest BCUT2D eigenvalue weighted by atomic mass is 19.4. The van der Waals surface area contributed by atoms with Gasteiger partial charge in [0.1, 0.15) is 5.69 Å². The molecular weight excluding hydrogens is 239 g/mol. The summed E-state index contributed by atoms with van der Waals surface area (Å²) in [6.45, 7) is 1.10. The van der Waals surface area contributed by atoms with Crippen LogP contribution in [0, 0.1) is 0 Å². The number of carboxylic acid groups (broad SMARTS) is 1. The van der Waals surface area contributed by atoms with Crippen LogP contribution in [0.25, 0.3) is 0 Å². The molecule has 0 spiro atoms. The number of halogens is 3. The van der Waals surface area contributed by atoms with Crippen LogP contribution in [0.5, 0.6) is 0 Å². The molecule has 0 radical (unpaired) electrons. The van der Waals surface area contributed by atoms with Crippen LogP contribution >= 0.6 is 0 Å². The van der Waals surface area contributed by atoms with E-state index in [0.717, 1.165) is 13.0 Å². The molecule has 0 amide bonds. The predicted octanol–water partition coefficient (Wildman–Crippen LogP) is 1.93. The minimum absolute atomic E-state index is 0.205. The number of alkyl halides is 3. The minimum atomic E-state index is -4.71. The van der Waals surface area contributed by atoms with Crippen LogP contribution in [0.15, 0.2) is 12.1 Å². The standard InChI is InChI=1S/C10H8F3NO3/c1-5(15)6-2-7(4-9(16)17)14-8(3-6)10(11,12)13/h2-3H,4H2,1H3,(H,16,17). The normalized spacial score (nSPS) is 11.3. The average molecular weight is 247 g/mol. The lowest BCUT2D eigenvalue weighted by atomic mass is 10.1. The van der Waals surface area contributed by atoms with Crippen LogP contribution in [0.2, 0.25) is 0 Å². The van der Waals surface area contributed by atoms with Crippen LogP contribution in [-0.2, 0) is 17.4 Å². The van der Waals surface area contributed by atoms with Gasteiger partial charge in [0.2, 0.25) is 0 Å². The van der Waals surface area contributed by atoms with Gasteiger partial charge in [0.25, 0.3) is 0 Å². The molecule has 0 aliphatic rings. The number of rotatable bonds is 3. The van der Waals surface area contributed by atoms with Crippen LogP contribution in [0.4, 0.5) is 13.2 Å². The third-order valence-corrected chi connectivity index (χ3v) is 1.91. The number of carbonyl (C=O) groups excluding carboxylic acids is 1. The summed E-state index contributed by atoms with van der Waals surface area (Å²) in [7, 11) is 0. The van der Waals surface area contributed by atoms with E-state index >= 15 is 0 Å². The van der Waals surface area contributed by atoms with E-state index in [4.69, 9.17) is 5.11 Å². The van der Waals surface area contributed by atoms with Crippen molar-refractivity contribution in [1.82, 2.24) is 4.98 Å². The number of aliphatic carboxylic acids is 1. The van der Waals surface area contributed by atoms with E-state index in [1.807, 2.05) is 0 Å². The van der Waals surface area contributed by atoms with Crippen molar-refractivity contribution >= 4 is 11.8 Å². The lowest BCUT2D eigenvalue weighted by molar-refractivity contribution is -0.142. The third kappa shape index (κ3) is 3.54. The molecule has 0 aliphatic heterocycles. The molecule has 17 heavy (non-hydrogen) atoms. The first kappa shape index (κ1) is 13.1. The Morgan fingerprint density at radius 3 is 2.35 bits per heavy atom. The molecule has 1 aromatic heterocycles. The van der Waals surface area contributed by atoms with E-state index in [0.29, 0.717) is 6.07 Å². The van der Waals surface area contributed by atoms with Crippen LogP contribution in [0.1, 0.15) is 28.7 Å². The van der Waals surface area contributed by atoms with E-state index < -0.39 is 30.0 Å². The van der Waals surface area contributed by atoms with Crippen LogP contribution in [0.3, 0.4) is 0 Å². The van der Waals surface area contributed by atoms with Crippen LogP contribution in [-0.4, -0.2) is 21.8 Å². The maximum absolute atomic E-state index is 12.4. The summed E-state index contributed by atoms with van der Waals surface area (Å²) < 4.78 is 37.3. The predicted molar refractivity (Wildman–Crippen MR) is 50.6 cm³/mol. The van der Waals surface area contributed by atoms with Gasteiger partial charge in [-0.15, -0.1) is 0 Å². The van der Waals surface area contributed by atoms with Crippen molar-refractivity contribution in [2.45, 2.75) is 19.5 Å². The largest absolute Gasteiger partial charge is 0.481 e. The molecule has 7 heteroatoms.